The Morgan fingerprint density at radius 2 is 1.94 bits per heavy atom. The van der Waals surface area contributed by atoms with Crippen molar-refractivity contribution in [1.82, 2.24) is 9.97 Å². The molecule has 2 aromatic rings. The van der Waals surface area contributed by atoms with Crippen molar-refractivity contribution in [3.63, 3.8) is 0 Å². The molecule has 1 heterocycles. The van der Waals surface area contributed by atoms with E-state index in [4.69, 9.17) is 11.6 Å². The second kappa shape index (κ2) is 6.28. The van der Waals surface area contributed by atoms with Gasteiger partial charge in [-0.05, 0) is 11.8 Å². The van der Waals surface area contributed by atoms with Gasteiger partial charge < -0.3 is 0 Å². The summed E-state index contributed by atoms with van der Waals surface area (Å²) in [5.41, 5.74) is 1.26. The van der Waals surface area contributed by atoms with Crippen LogP contribution in [0.4, 0.5) is 0 Å². The van der Waals surface area contributed by atoms with Crippen LogP contribution in [-0.4, -0.2) is 16.2 Å². The Morgan fingerprint density at radius 3 is 2.65 bits per heavy atom. The van der Waals surface area contributed by atoms with Crippen LogP contribution in [0.25, 0.3) is 0 Å². The minimum atomic E-state index is 0.500. The molecule has 0 aliphatic carbocycles. The third-order valence-corrected chi connectivity index (χ3v) is 3.81. The van der Waals surface area contributed by atoms with E-state index in [1.807, 2.05) is 24.5 Å². The highest BCUT2D eigenvalue weighted by Crippen LogP contribution is 2.24. The van der Waals surface area contributed by atoms with E-state index in [1.54, 1.807) is 29.6 Å². The Morgan fingerprint density at radius 1 is 1.18 bits per heavy atom. The van der Waals surface area contributed by atoms with Crippen molar-refractivity contribution in [2.75, 3.05) is 6.26 Å². The Bertz CT molecular complexity index is 491. The van der Waals surface area contributed by atoms with Gasteiger partial charge in [0, 0.05) is 11.8 Å². The van der Waals surface area contributed by atoms with Gasteiger partial charge in [-0.25, -0.2) is 9.97 Å². The number of rotatable bonds is 4. The summed E-state index contributed by atoms with van der Waals surface area (Å²) in [6, 6.07) is 12.0. The molecule has 1 aromatic heterocycles. The molecule has 0 saturated carbocycles. The van der Waals surface area contributed by atoms with Crippen LogP contribution in [0.3, 0.4) is 0 Å². The molecule has 0 atom stereocenters. The summed E-state index contributed by atoms with van der Waals surface area (Å²) in [7, 11) is 0. The van der Waals surface area contributed by atoms with Crippen LogP contribution in [-0.2, 0) is 5.75 Å². The van der Waals surface area contributed by atoms with E-state index in [2.05, 4.69) is 22.1 Å². The van der Waals surface area contributed by atoms with E-state index in [1.165, 1.54) is 5.56 Å². The summed E-state index contributed by atoms with van der Waals surface area (Å²) < 4.78 is 0. The monoisotopic (exact) mass is 282 g/mol. The predicted molar refractivity (Wildman–Crippen MR) is 74.8 cm³/mol. The Kier molecular flexibility index (Phi) is 4.71. The van der Waals surface area contributed by atoms with Crippen LogP contribution < -0.4 is 0 Å². The minimum absolute atomic E-state index is 0.500. The van der Waals surface area contributed by atoms with Gasteiger partial charge in [-0.2, -0.15) is 0 Å². The van der Waals surface area contributed by atoms with Gasteiger partial charge >= 0.3 is 0 Å². The van der Waals surface area contributed by atoms with Gasteiger partial charge in [-0.15, -0.1) is 11.8 Å². The molecule has 0 aliphatic rings. The lowest BCUT2D eigenvalue weighted by Crippen LogP contribution is -1.90. The number of benzene rings is 1. The van der Waals surface area contributed by atoms with Crippen LogP contribution >= 0.6 is 35.1 Å². The number of thioether (sulfide) groups is 2. The zero-order valence-electron chi connectivity index (χ0n) is 9.26. The zero-order valence-corrected chi connectivity index (χ0v) is 11.6. The predicted octanol–water partition coefficient (Wildman–Crippen LogP) is 4.14. The molecule has 0 bridgehead atoms. The Balaban J connectivity index is 2.06. The molecule has 88 valence electrons. The summed E-state index contributed by atoms with van der Waals surface area (Å²) in [5, 5.41) is 2.13. The third-order valence-electron chi connectivity index (χ3n) is 2.07. The fourth-order valence-corrected chi connectivity index (χ4v) is 2.85. The summed E-state index contributed by atoms with van der Waals surface area (Å²) >= 11 is 9.10. The van der Waals surface area contributed by atoms with Gasteiger partial charge in [-0.3, -0.25) is 0 Å². The van der Waals surface area contributed by atoms with Crippen LogP contribution in [0, 0.1) is 0 Å². The first-order chi connectivity index (χ1) is 8.28. The smallest absolute Gasteiger partial charge is 0.190 e. The van der Waals surface area contributed by atoms with Crippen molar-refractivity contribution in [1.29, 1.82) is 0 Å². The molecule has 0 amide bonds. The molecular formula is C12H11ClN2S2. The first-order valence-corrected chi connectivity index (χ1v) is 7.62. The van der Waals surface area contributed by atoms with Crippen molar-refractivity contribution < 1.29 is 0 Å². The standard InChI is InChI=1S/C12H11ClN2S2/c1-16-11-7-10(13)14-12(15-11)17-8-9-5-3-2-4-6-9/h2-7H,8H2,1H3. The van der Waals surface area contributed by atoms with Crippen LogP contribution in [0.1, 0.15) is 5.56 Å². The highest BCUT2D eigenvalue weighted by Gasteiger charge is 2.03. The van der Waals surface area contributed by atoms with Gasteiger partial charge in [0.2, 0.25) is 0 Å². The maximum absolute atomic E-state index is 5.93. The molecule has 2 nitrogen and oxygen atoms in total. The number of halogens is 1. The SMILES string of the molecule is CSc1cc(Cl)nc(SCc2ccccc2)n1. The van der Waals surface area contributed by atoms with E-state index in [0.717, 1.165) is 15.9 Å². The number of nitrogens with zero attached hydrogens (tertiary/aromatic N) is 2. The molecule has 0 aliphatic heterocycles. The molecule has 2 rings (SSSR count). The third kappa shape index (κ3) is 3.91. The van der Waals surface area contributed by atoms with Crippen molar-refractivity contribution in [2.24, 2.45) is 0 Å². The van der Waals surface area contributed by atoms with E-state index in [0.29, 0.717) is 5.15 Å². The van der Waals surface area contributed by atoms with E-state index in [9.17, 15) is 0 Å². The van der Waals surface area contributed by atoms with Crippen molar-refractivity contribution in [3.05, 3.63) is 47.1 Å². The van der Waals surface area contributed by atoms with E-state index < -0.39 is 0 Å². The molecule has 0 radical (unpaired) electrons. The highest BCUT2D eigenvalue weighted by atomic mass is 35.5. The molecule has 0 unspecified atom stereocenters. The second-order valence-corrected chi connectivity index (χ2v) is 5.45. The normalized spacial score (nSPS) is 10.5. The van der Waals surface area contributed by atoms with Gasteiger partial charge in [0.1, 0.15) is 10.2 Å². The van der Waals surface area contributed by atoms with Gasteiger partial charge in [0.15, 0.2) is 5.16 Å². The van der Waals surface area contributed by atoms with Gasteiger partial charge in [0.25, 0.3) is 0 Å². The fraction of sp³-hybridized carbons (Fsp3) is 0.167. The lowest BCUT2D eigenvalue weighted by atomic mass is 10.2. The second-order valence-electron chi connectivity index (χ2n) is 3.29. The first kappa shape index (κ1) is 12.7. The molecule has 17 heavy (non-hydrogen) atoms. The molecule has 1 aromatic carbocycles. The quantitative estimate of drug-likeness (QED) is 0.478. The van der Waals surface area contributed by atoms with E-state index >= 15 is 0 Å². The van der Waals surface area contributed by atoms with Crippen LogP contribution in [0.15, 0.2) is 46.6 Å². The maximum Gasteiger partial charge on any atom is 0.190 e. The number of hydrogen-bond donors (Lipinski definition) is 0. The Hall–Kier alpha value is -0.710. The number of hydrogen-bond acceptors (Lipinski definition) is 4. The van der Waals surface area contributed by atoms with Gasteiger partial charge in [-0.1, -0.05) is 53.7 Å². The highest BCUT2D eigenvalue weighted by molar-refractivity contribution is 7.99. The summed E-state index contributed by atoms with van der Waals surface area (Å²) in [6.45, 7) is 0. The summed E-state index contributed by atoms with van der Waals surface area (Å²) in [4.78, 5) is 8.60. The van der Waals surface area contributed by atoms with E-state index in [-0.39, 0.29) is 0 Å². The minimum Gasteiger partial charge on any atom is -0.216 e. The molecule has 0 saturated heterocycles. The largest absolute Gasteiger partial charge is 0.216 e. The fourth-order valence-electron chi connectivity index (χ4n) is 1.27. The molecule has 0 N–H and O–H groups in total. The summed E-state index contributed by atoms with van der Waals surface area (Å²) in [5.74, 6) is 0.856. The Labute approximate surface area is 114 Å². The molecule has 0 spiro atoms. The molecular weight excluding hydrogens is 272 g/mol. The lowest BCUT2D eigenvalue weighted by Gasteiger charge is -2.03. The molecule has 0 fully saturated rings. The number of aromatic nitrogens is 2. The average Bonchev–Trinajstić information content (AvgIpc) is 2.37. The lowest BCUT2D eigenvalue weighted by molar-refractivity contribution is 0.893. The van der Waals surface area contributed by atoms with Crippen molar-refractivity contribution in [2.45, 2.75) is 15.9 Å². The average molecular weight is 283 g/mol. The van der Waals surface area contributed by atoms with Gasteiger partial charge in [0.05, 0.1) is 0 Å². The van der Waals surface area contributed by atoms with Crippen LogP contribution in [0.2, 0.25) is 5.15 Å². The van der Waals surface area contributed by atoms with Crippen molar-refractivity contribution >= 4 is 35.1 Å². The maximum atomic E-state index is 5.93. The van der Waals surface area contributed by atoms with Crippen molar-refractivity contribution in [3.8, 4) is 0 Å². The summed E-state index contributed by atoms with van der Waals surface area (Å²) in [6.07, 6.45) is 1.98. The van der Waals surface area contributed by atoms with Crippen LogP contribution in [0.5, 0.6) is 0 Å². The topological polar surface area (TPSA) is 25.8 Å². The first-order valence-electron chi connectivity index (χ1n) is 5.03. The molecule has 5 heteroatoms. The zero-order chi connectivity index (χ0) is 12.1.